The molecule has 0 unspecified atom stereocenters. The minimum atomic E-state index is 0.205. The SMILES string of the molecule is CCc1ccc(CNc2ccc(CCO)cc2)cc1. The highest BCUT2D eigenvalue weighted by Gasteiger charge is 1.96. The van der Waals surface area contributed by atoms with Crippen LogP contribution in [-0.2, 0) is 19.4 Å². The molecule has 0 spiro atoms. The molecule has 0 radical (unpaired) electrons. The summed E-state index contributed by atoms with van der Waals surface area (Å²) in [7, 11) is 0. The first-order valence-corrected chi connectivity index (χ1v) is 6.83. The summed E-state index contributed by atoms with van der Waals surface area (Å²) in [6.45, 7) is 3.21. The maximum atomic E-state index is 8.87. The molecular formula is C17H21NO. The Labute approximate surface area is 115 Å². The number of hydrogen-bond donors (Lipinski definition) is 2. The van der Waals surface area contributed by atoms with Gasteiger partial charge in [-0.2, -0.15) is 0 Å². The second kappa shape index (κ2) is 6.95. The fraction of sp³-hybridized carbons (Fsp3) is 0.294. The summed E-state index contributed by atoms with van der Waals surface area (Å²) in [4.78, 5) is 0. The first kappa shape index (κ1) is 13.6. The molecule has 0 aliphatic rings. The number of aryl methyl sites for hydroxylation is 1. The van der Waals surface area contributed by atoms with Crippen molar-refractivity contribution in [2.24, 2.45) is 0 Å². The zero-order valence-electron chi connectivity index (χ0n) is 11.4. The quantitative estimate of drug-likeness (QED) is 0.829. The van der Waals surface area contributed by atoms with Crippen LogP contribution in [0.4, 0.5) is 5.69 Å². The Hall–Kier alpha value is -1.80. The molecule has 0 saturated heterocycles. The van der Waals surface area contributed by atoms with E-state index in [-0.39, 0.29) is 6.61 Å². The van der Waals surface area contributed by atoms with Gasteiger partial charge in [0.05, 0.1) is 0 Å². The van der Waals surface area contributed by atoms with Crippen LogP contribution < -0.4 is 5.32 Å². The highest BCUT2D eigenvalue weighted by atomic mass is 16.2. The Balaban J connectivity index is 1.90. The second-order valence-electron chi connectivity index (χ2n) is 4.69. The number of rotatable bonds is 6. The lowest BCUT2D eigenvalue weighted by atomic mass is 10.1. The summed E-state index contributed by atoms with van der Waals surface area (Å²) in [6.07, 6.45) is 1.80. The number of nitrogens with one attached hydrogen (secondary N) is 1. The second-order valence-corrected chi connectivity index (χ2v) is 4.69. The minimum absolute atomic E-state index is 0.205. The van der Waals surface area contributed by atoms with Crippen LogP contribution in [0.25, 0.3) is 0 Å². The van der Waals surface area contributed by atoms with Crippen molar-refractivity contribution in [1.82, 2.24) is 0 Å². The molecule has 0 atom stereocenters. The monoisotopic (exact) mass is 255 g/mol. The van der Waals surface area contributed by atoms with E-state index in [0.717, 1.165) is 25.1 Å². The molecule has 0 aromatic heterocycles. The average molecular weight is 255 g/mol. The van der Waals surface area contributed by atoms with Crippen LogP contribution in [0.3, 0.4) is 0 Å². The van der Waals surface area contributed by atoms with E-state index in [0.29, 0.717) is 0 Å². The van der Waals surface area contributed by atoms with Gasteiger partial charge in [0.1, 0.15) is 0 Å². The van der Waals surface area contributed by atoms with Crippen molar-refractivity contribution in [2.45, 2.75) is 26.3 Å². The van der Waals surface area contributed by atoms with Crippen molar-refractivity contribution >= 4 is 5.69 Å². The van der Waals surface area contributed by atoms with E-state index in [1.165, 1.54) is 16.7 Å². The molecule has 2 N–H and O–H groups in total. The molecule has 2 heteroatoms. The van der Waals surface area contributed by atoms with Gasteiger partial charge in [-0.15, -0.1) is 0 Å². The van der Waals surface area contributed by atoms with Crippen LogP contribution in [-0.4, -0.2) is 11.7 Å². The van der Waals surface area contributed by atoms with Crippen LogP contribution in [0.15, 0.2) is 48.5 Å². The van der Waals surface area contributed by atoms with E-state index >= 15 is 0 Å². The fourth-order valence-corrected chi connectivity index (χ4v) is 2.02. The van der Waals surface area contributed by atoms with Gasteiger partial charge in [-0.25, -0.2) is 0 Å². The lowest BCUT2D eigenvalue weighted by Gasteiger charge is -2.08. The lowest BCUT2D eigenvalue weighted by molar-refractivity contribution is 0.299. The Bertz CT molecular complexity index is 488. The smallest absolute Gasteiger partial charge is 0.0471 e. The van der Waals surface area contributed by atoms with Crippen molar-refractivity contribution in [3.63, 3.8) is 0 Å². The van der Waals surface area contributed by atoms with Crippen molar-refractivity contribution in [2.75, 3.05) is 11.9 Å². The number of benzene rings is 2. The molecule has 0 bridgehead atoms. The summed E-state index contributed by atoms with van der Waals surface area (Å²) < 4.78 is 0. The Morgan fingerprint density at radius 2 is 1.42 bits per heavy atom. The summed E-state index contributed by atoms with van der Waals surface area (Å²) in [6, 6.07) is 16.9. The molecule has 2 aromatic carbocycles. The molecule has 0 heterocycles. The molecule has 2 aromatic rings. The topological polar surface area (TPSA) is 32.3 Å². The number of hydrogen-bond acceptors (Lipinski definition) is 2. The zero-order chi connectivity index (χ0) is 13.5. The highest BCUT2D eigenvalue weighted by Crippen LogP contribution is 2.12. The summed E-state index contributed by atoms with van der Waals surface area (Å²) in [5, 5.41) is 12.3. The fourth-order valence-electron chi connectivity index (χ4n) is 2.02. The van der Waals surface area contributed by atoms with Crippen LogP contribution in [0.1, 0.15) is 23.6 Å². The molecule has 2 rings (SSSR count). The van der Waals surface area contributed by atoms with Crippen molar-refractivity contribution < 1.29 is 5.11 Å². The van der Waals surface area contributed by atoms with E-state index in [4.69, 9.17) is 5.11 Å². The van der Waals surface area contributed by atoms with Crippen molar-refractivity contribution in [3.8, 4) is 0 Å². The number of aliphatic hydroxyl groups excluding tert-OH is 1. The van der Waals surface area contributed by atoms with E-state index < -0.39 is 0 Å². The van der Waals surface area contributed by atoms with Crippen molar-refractivity contribution in [1.29, 1.82) is 0 Å². The number of aliphatic hydroxyl groups is 1. The van der Waals surface area contributed by atoms with Crippen LogP contribution in [0.5, 0.6) is 0 Å². The molecule has 0 aliphatic heterocycles. The number of anilines is 1. The molecule has 0 saturated carbocycles. The molecule has 0 fully saturated rings. The molecule has 2 nitrogen and oxygen atoms in total. The van der Waals surface area contributed by atoms with E-state index in [9.17, 15) is 0 Å². The normalized spacial score (nSPS) is 10.4. The molecule has 0 amide bonds. The Kier molecular flexibility index (Phi) is 4.99. The van der Waals surface area contributed by atoms with Gasteiger partial charge in [-0.05, 0) is 41.7 Å². The largest absolute Gasteiger partial charge is 0.396 e. The van der Waals surface area contributed by atoms with Gasteiger partial charge in [0, 0.05) is 18.8 Å². The van der Waals surface area contributed by atoms with Gasteiger partial charge in [0.15, 0.2) is 0 Å². The van der Waals surface area contributed by atoms with Crippen LogP contribution in [0.2, 0.25) is 0 Å². The average Bonchev–Trinajstić information content (AvgIpc) is 2.47. The summed E-state index contributed by atoms with van der Waals surface area (Å²) in [5.41, 5.74) is 4.94. The first-order chi connectivity index (χ1) is 9.31. The Morgan fingerprint density at radius 1 is 0.842 bits per heavy atom. The molecule has 0 aliphatic carbocycles. The predicted molar refractivity (Wildman–Crippen MR) is 80.4 cm³/mol. The van der Waals surface area contributed by atoms with Crippen LogP contribution in [0, 0.1) is 0 Å². The van der Waals surface area contributed by atoms with E-state index in [1.54, 1.807) is 0 Å². The third-order valence-corrected chi connectivity index (χ3v) is 3.28. The standard InChI is InChI=1S/C17H21NO/c1-2-14-3-5-16(6-4-14)13-18-17-9-7-15(8-10-17)11-12-19/h3-10,18-19H,2,11-13H2,1H3. The first-order valence-electron chi connectivity index (χ1n) is 6.83. The van der Waals surface area contributed by atoms with Gasteiger partial charge in [-0.1, -0.05) is 43.3 Å². The van der Waals surface area contributed by atoms with Gasteiger partial charge >= 0.3 is 0 Å². The van der Waals surface area contributed by atoms with E-state index in [2.05, 4.69) is 60.8 Å². The Morgan fingerprint density at radius 3 is 2.00 bits per heavy atom. The lowest BCUT2D eigenvalue weighted by Crippen LogP contribution is -2.00. The molecule has 100 valence electrons. The third kappa shape index (κ3) is 4.11. The van der Waals surface area contributed by atoms with Gasteiger partial charge in [-0.3, -0.25) is 0 Å². The molecular weight excluding hydrogens is 234 g/mol. The molecule has 19 heavy (non-hydrogen) atoms. The predicted octanol–water partition coefficient (Wildman–Crippen LogP) is 3.40. The zero-order valence-corrected chi connectivity index (χ0v) is 11.4. The maximum absolute atomic E-state index is 8.87. The highest BCUT2D eigenvalue weighted by molar-refractivity contribution is 5.45. The van der Waals surface area contributed by atoms with Crippen LogP contribution >= 0.6 is 0 Å². The third-order valence-electron chi connectivity index (χ3n) is 3.28. The maximum Gasteiger partial charge on any atom is 0.0471 e. The van der Waals surface area contributed by atoms with Gasteiger partial charge in [0.2, 0.25) is 0 Å². The summed E-state index contributed by atoms with van der Waals surface area (Å²) >= 11 is 0. The summed E-state index contributed by atoms with van der Waals surface area (Å²) in [5.74, 6) is 0. The van der Waals surface area contributed by atoms with Gasteiger partial charge in [0.25, 0.3) is 0 Å². The van der Waals surface area contributed by atoms with E-state index in [1.807, 2.05) is 0 Å². The van der Waals surface area contributed by atoms with Gasteiger partial charge < -0.3 is 10.4 Å². The minimum Gasteiger partial charge on any atom is -0.396 e. The van der Waals surface area contributed by atoms with Crippen molar-refractivity contribution in [3.05, 3.63) is 65.2 Å².